The average Bonchev–Trinajstić information content (AvgIpc) is 2.95. The highest BCUT2D eigenvalue weighted by molar-refractivity contribution is 7.80. The van der Waals surface area contributed by atoms with Crippen molar-refractivity contribution in [3.05, 3.63) is 0 Å². The maximum absolute atomic E-state index is 5.96. The molecule has 0 aliphatic carbocycles. The summed E-state index contributed by atoms with van der Waals surface area (Å²) in [5, 5.41) is 0. The summed E-state index contributed by atoms with van der Waals surface area (Å²) in [6.07, 6.45) is 38.4. The van der Waals surface area contributed by atoms with Gasteiger partial charge < -0.3 is 13.3 Å². The van der Waals surface area contributed by atoms with Crippen LogP contribution in [0.25, 0.3) is 0 Å². The lowest BCUT2D eigenvalue weighted by atomic mass is 10.0. The van der Waals surface area contributed by atoms with Crippen molar-refractivity contribution in [3.63, 3.8) is 0 Å². The normalized spacial score (nSPS) is 12.0. The molecule has 0 bridgehead atoms. The van der Waals surface area contributed by atoms with E-state index in [4.69, 9.17) is 13.3 Å². The third-order valence-electron chi connectivity index (χ3n) is 8.23. The highest BCUT2D eigenvalue weighted by atomic mass is 32.1. The second-order valence-electron chi connectivity index (χ2n) is 12.0. The molecule has 5 heteroatoms. The van der Waals surface area contributed by atoms with Crippen LogP contribution in [0.3, 0.4) is 0 Å². The lowest BCUT2D eigenvalue weighted by Crippen LogP contribution is -2.45. The Morgan fingerprint density at radius 1 is 0.325 bits per heavy atom. The van der Waals surface area contributed by atoms with Crippen molar-refractivity contribution in [2.75, 3.05) is 25.6 Å². The smallest absolute Gasteiger partial charge is 0.374 e. The quantitative estimate of drug-likeness (QED) is 0.0444. The molecule has 0 saturated heterocycles. The molecular weight excluding hydrogens is 529 g/mol. The lowest BCUT2D eigenvalue weighted by Gasteiger charge is -2.28. The molecule has 0 aromatic heterocycles. The lowest BCUT2D eigenvalue weighted by molar-refractivity contribution is 0.0706. The van der Waals surface area contributed by atoms with Crippen LogP contribution in [-0.2, 0) is 13.3 Å². The van der Waals surface area contributed by atoms with Crippen LogP contribution in [-0.4, -0.2) is 34.4 Å². The molecular formula is C35H74O3SSi. The van der Waals surface area contributed by atoms with Crippen LogP contribution in [0.5, 0.6) is 0 Å². The third-order valence-corrected chi connectivity index (χ3v) is 11.7. The Hall–Kier alpha value is 0.447. The van der Waals surface area contributed by atoms with Gasteiger partial charge in [-0.3, -0.25) is 0 Å². The van der Waals surface area contributed by atoms with Gasteiger partial charge in [-0.05, 0) is 39.4 Å². The Kier molecular flexibility index (Phi) is 34.3. The number of thiol groups is 1. The largest absolute Gasteiger partial charge is 0.500 e. The molecule has 0 rings (SSSR count). The number of hydrogen-bond acceptors (Lipinski definition) is 4. The van der Waals surface area contributed by atoms with Crippen LogP contribution in [0.1, 0.15) is 194 Å². The molecule has 0 aromatic rings. The predicted molar refractivity (Wildman–Crippen MR) is 184 cm³/mol. The van der Waals surface area contributed by atoms with Gasteiger partial charge in [-0.25, -0.2) is 0 Å². The second-order valence-corrected chi connectivity index (χ2v) is 15.2. The number of unbranched alkanes of at least 4 members (excludes halogenated alkanes) is 26. The first-order valence-electron chi connectivity index (χ1n) is 18.3. The van der Waals surface area contributed by atoms with E-state index < -0.39 is 8.80 Å². The van der Waals surface area contributed by atoms with E-state index in [9.17, 15) is 0 Å². The van der Waals surface area contributed by atoms with Gasteiger partial charge in [0.2, 0.25) is 0 Å². The molecule has 0 N–H and O–H groups in total. The summed E-state index contributed by atoms with van der Waals surface area (Å²) in [6.45, 7) is 8.18. The van der Waals surface area contributed by atoms with E-state index in [0.29, 0.717) is 19.8 Å². The van der Waals surface area contributed by atoms with Gasteiger partial charge >= 0.3 is 8.80 Å². The van der Waals surface area contributed by atoms with Gasteiger partial charge in [0.25, 0.3) is 0 Å². The van der Waals surface area contributed by atoms with Crippen LogP contribution in [0, 0.1) is 0 Å². The first-order chi connectivity index (χ1) is 19.7. The van der Waals surface area contributed by atoms with Gasteiger partial charge in [0, 0.05) is 25.9 Å². The molecule has 40 heavy (non-hydrogen) atoms. The molecule has 242 valence electrons. The summed E-state index contributed by atoms with van der Waals surface area (Å²) in [7, 11) is -2.42. The Morgan fingerprint density at radius 3 is 0.725 bits per heavy atom. The van der Waals surface area contributed by atoms with Gasteiger partial charge in [-0.1, -0.05) is 161 Å². The minimum Gasteiger partial charge on any atom is -0.374 e. The van der Waals surface area contributed by atoms with Crippen molar-refractivity contribution < 1.29 is 13.3 Å². The second kappa shape index (κ2) is 33.9. The monoisotopic (exact) mass is 603 g/mol. The van der Waals surface area contributed by atoms with Crippen LogP contribution in [0.4, 0.5) is 0 Å². The topological polar surface area (TPSA) is 27.7 Å². The third kappa shape index (κ3) is 28.6. The summed E-state index contributed by atoms with van der Waals surface area (Å²) in [6, 6.07) is 0.973. The minimum atomic E-state index is -2.42. The summed E-state index contributed by atoms with van der Waals surface area (Å²) < 4.78 is 17.9. The van der Waals surface area contributed by atoms with Gasteiger partial charge in [0.15, 0.2) is 0 Å². The molecule has 0 saturated carbocycles. The average molecular weight is 603 g/mol. The van der Waals surface area contributed by atoms with Gasteiger partial charge in [0.05, 0.1) is 0 Å². The Bertz CT molecular complexity index is 449. The van der Waals surface area contributed by atoms with E-state index >= 15 is 0 Å². The van der Waals surface area contributed by atoms with E-state index in [1.165, 1.54) is 173 Å². The van der Waals surface area contributed by atoms with Crippen molar-refractivity contribution in [3.8, 4) is 0 Å². The van der Waals surface area contributed by atoms with Crippen LogP contribution in [0.15, 0.2) is 0 Å². The minimum absolute atomic E-state index is 0.685. The van der Waals surface area contributed by atoms with Crippen molar-refractivity contribution in [1.82, 2.24) is 0 Å². The first kappa shape index (κ1) is 40.4. The zero-order valence-electron chi connectivity index (χ0n) is 27.8. The first-order valence-corrected chi connectivity index (χ1v) is 20.8. The Balaban J connectivity index is 3.26. The van der Waals surface area contributed by atoms with E-state index in [2.05, 4.69) is 12.6 Å². The van der Waals surface area contributed by atoms with Crippen LogP contribution in [0.2, 0.25) is 6.04 Å². The van der Waals surface area contributed by atoms with Gasteiger partial charge in [-0.15, -0.1) is 0 Å². The molecule has 0 aliphatic rings. The van der Waals surface area contributed by atoms with E-state index in [1.807, 2.05) is 20.8 Å². The highest BCUT2D eigenvalue weighted by Crippen LogP contribution is 2.21. The Morgan fingerprint density at radius 2 is 0.525 bits per heavy atom. The van der Waals surface area contributed by atoms with Gasteiger partial charge in [0.1, 0.15) is 0 Å². The molecule has 3 nitrogen and oxygen atoms in total. The highest BCUT2D eigenvalue weighted by Gasteiger charge is 2.39. The predicted octanol–water partition coefficient (Wildman–Crippen LogP) is 12.5. The molecule has 0 aromatic carbocycles. The van der Waals surface area contributed by atoms with Crippen molar-refractivity contribution >= 4 is 21.4 Å². The molecule has 0 amide bonds. The van der Waals surface area contributed by atoms with E-state index in [-0.39, 0.29) is 0 Å². The fourth-order valence-electron chi connectivity index (χ4n) is 5.87. The maximum atomic E-state index is 5.96. The molecule has 0 fully saturated rings. The van der Waals surface area contributed by atoms with E-state index in [1.54, 1.807) is 0 Å². The SMILES string of the molecule is CCO[Si](CCCCCCCCCCCCCCCCCCCCCCCCCCCCCS)(OCC)OCC. The van der Waals surface area contributed by atoms with Crippen LogP contribution < -0.4 is 0 Å². The summed E-state index contributed by atoms with van der Waals surface area (Å²) in [5.41, 5.74) is 0. The number of rotatable bonds is 35. The molecule has 0 aliphatic heterocycles. The van der Waals surface area contributed by atoms with Gasteiger partial charge in [-0.2, -0.15) is 12.6 Å². The summed E-state index contributed by atoms with van der Waals surface area (Å²) in [5.74, 6) is 1.06. The molecule has 0 heterocycles. The summed E-state index contributed by atoms with van der Waals surface area (Å²) in [4.78, 5) is 0. The van der Waals surface area contributed by atoms with Crippen LogP contribution >= 0.6 is 12.6 Å². The maximum Gasteiger partial charge on any atom is 0.500 e. The molecule has 0 radical (unpaired) electrons. The molecule has 0 unspecified atom stereocenters. The van der Waals surface area contributed by atoms with Crippen molar-refractivity contribution in [1.29, 1.82) is 0 Å². The molecule has 0 atom stereocenters. The number of hydrogen-bond donors (Lipinski definition) is 1. The summed E-state index contributed by atoms with van der Waals surface area (Å²) >= 11 is 4.29. The fourth-order valence-corrected chi connectivity index (χ4v) is 8.78. The zero-order valence-corrected chi connectivity index (χ0v) is 29.7. The van der Waals surface area contributed by atoms with Crippen molar-refractivity contribution in [2.45, 2.75) is 200 Å². The van der Waals surface area contributed by atoms with E-state index in [0.717, 1.165) is 11.8 Å². The van der Waals surface area contributed by atoms with Crippen molar-refractivity contribution in [2.24, 2.45) is 0 Å². The standard InChI is InChI=1S/C35H74O3SSi/c1-4-36-40(37-5-2,38-6-3)35-33-31-29-27-25-23-21-19-17-15-13-11-9-7-8-10-12-14-16-18-20-22-24-26-28-30-32-34-39/h39H,4-35H2,1-3H3. The Labute approximate surface area is 259 Å². The fraction of sp³-hybridized carbons (Fsp3) is 1.00. The zero-order chi connectivity index (χ0) is 29.2. The molecule has 0 spiro atoms.